The first kappa shape index (κ1) is 14.6. The number of aliphatic carboxylic acids is 1. The summed E-state index contributed by atoms with van der Waals surface area (Å²) in [4.78, 5) is 29.3. The molecule has 2 aromatic rings. The van der Waals surface area contributed by atoms with Gasteiger partial charge in [0.2, 0.25) is 0 Å². The summed E-state index contributed by atoms with van der Waals surface area (Å²) in [6, 6.07) is 5.40. The molecule has 2 rings (SSSR count). The fourth-order valence-corrected chi connectivity index (χ4v) is 1.96. The van der Waals surface area contributed by atoms with Crippen LogP contribution in [-0.2, 0) is 11.2 Å². The van der Waals surface area contributed by atoms with E-state index >= 15 is 0 Å². The molecule has 0 atom stereocenters. The van der Waals surface area contributed by atoms with Crippen molar-refractivity contribution in [1.29, 1.82) is 0 Å². The zero-order valence-electron chi connectivity index (χ0n) is 11.6. The standard InChI is InChI=1S/C14H15N3O4/c1-7-3-4-8(10(5-7)21-2)13-16-12(15)9(6-11(18)19)14(20)17-13/h3-5H,6H2,1-2H3,(H,18,19)(H3,15,16,17,20). The first-order valence-electron chi connectivity index (χ1n) is 6.18. The number of carbonyl (C=O) groups is 1. The highest BCUT2D eigenvalue weighted by atomic mass is 16.5. The quantitative estimate of drug-likeness (QED) is 0.771. The Kier molecular flexibility index (Phi) is 3.93. The van der Waals surface area contributed by atoms with E-state index in [0.717, 1.165) is 5.56 Å². The van der Waals surface area contributed by atoms with Crippen LogP contribution in [0.5, 0.6) is 5.75 Å². The molecule has 0 amide bonds. The second-order valence-electron chi connectivity index (χ2n) is 4.55. The molecule has 0 aliphatic carbocycles. The number of aromatic amines is 1. The van der Waals surface area contributed by atoms with Gasteiger partial charge < -0.3 is 20.6 Å². The summed E-state index contributed by atoms with van der Waals surface area (Å²) in [6.07, 6.45) is -0.473. The molecule has 0 saturated heterocycles. The van der Waals surface area contributed by atoms with E-state index in [2.05, 4.69) is 9.97 Å². The zero-order chi connectivity index (χ0) is 15.6. The van der Waals surface area contributed by atoms with Gasteiger partial charge in [0.25, 0.3) is 5.56 Å². The number of nitrogens with two attached hydrogens (primary N) is 1. The third kappa shape index (κ3) is 3.02. The van der Waals surface area contributed by atoms with Gasteiger partial charge in [0.15, 0.2) is 0 Å². The molecule has 0 bridgehead atoms. The molecule has 110 valence electrons. The van der Waals surface area contributed by atoms with Gasteiger partial charge >= 0.3 is 5.97 Å². The minimum absolute atomic E-state index is 0.0580. The molecule has 0 unspecified atom stereocenters. The van der Waals surface area contributed by atoms with Crippen LogP contribution in [0.4, 0.5) is 5.82 Å². The van der Waals surface area contributed by atoms with Crippen molar-refractivity contribution in [3.8, 4) is 17.1 Å². The van der Waals surface area contributed by atoms with Crippen LogP contribution in [-0.4, -0.2) is 28.2 Å². The molecule has 1 heterocycles. The van der Waals surface area contributed by atoms with Crippen LogP contribution in [0.3, 0.4) is 0 Å². The molecule has 0 saturated carbocycles. The van der Waals surface area contributed by atoms with Gasteiger partial charge in [0.05, 0.1) is 24.7 Å². The topological polar surface area (TPSA) is 118 Å². The maximum Gasteiger partial charge on any atom is 0.308 e. The molecule has 4 N–H and O–H groups in total. The van der Waals surface area contributed by atoms with E-state index in [9.17, 15) is 9.59 Å². The summed E-state index contributed by atoms with van der Waals surface area (Å²) >= 11 is 0. The minimum Gasteiger partial charge on any atom is -0.496 e. The average molecular weight is 289 g/mol. The molecule has 0 radical (unpaired) electrons. The molecule has 7 nitrogen and oxygen atoms in total. The van der Waals surface area contributed by atoms with Gasteiger partial charge in [-0.15, -0.1) is 0 Å². The number of nitrogen functional groups attached to an aromatic ring is 1. The summed E-state index contributed by atoms with van der Waals surface area (Å²) in [5.41, 5.74) is 6.64. The van der Waals surface area contributed by atoms with Crippen molar-refractivity contribution in [3.63, 3.8) is 0 Å². The summed E-state index contributed by atoms with van der Waals surface area (Å²) < 4.78 is 5.26. The fraction of sp³-hybridized carbons (Fsp3) is 0.214. The number of carboxylic acids is 1. The fourth-order valence-electron chi connectivity index (χ4n) is 1.96. The van der Waals surface area contributed by atoms with E-state index in [1.54, 1.807) is 12.1 Å². The Hall–Kier alpha value is -2.83. The highest BCUT2D eigenvalue weighted by Gasteiger charge is 2.15. The van der Waals surface area contributed by atoms with E-state index < -0.39 is 17.9 Å². The largest absolute Gasteiger partial charge is 0.496 e. The minimum atomic E-state index is -1.14. The molecule has 21 heavy (non-hydrogen) atoms. The number of carboxylic acid groups (broad SMARTS) is 1. The number of methoxy groups -OCH3 is 1. The third-order valence-corrected chi connectivity index (χ3v) is 2.99. The van der Waals surface area contributed by atoms with Crippen LogP contribution >= 0.6 is 0 Å². The van der Waals surface area contributed by atoms with E-state index in [1.165, 1.54) is 7.11 Å². The lowest BCUT2D eigenvalue weighted by Crippen LogP contribution is -2.21. The highest BCUT2D eigenvalue weighted by Crippen LogP contribution is 2.28. The number of aromatic nitrogens is 2. The van der Waals surface area contributed by atoms with Crippen molar-refractivity contribution in [2.75, 3.05) is 12.8 Å². The number of ether oxygens (including phenoxy) is 1. The number of nitrogens with one attached hydrogen (secondary N) is 1. The summed E-state index contributed by atoms with van der Waals surface area (Å²) in [5, 5.41) is 8.76. The van der Waals surface area contributed by atoms with Crippen molar-refractivity contribution in [1.82, 2.24) is 9.97 Å². The SMILES string of the molecule is COc1cc(C)ccc1-c1nc(N)c(CC(=O)O)c(=O)[nH]1. The second kappa shape index (κ2) is 5.66. The monoisotopic (exact) mass is 289 g/mol. The van der Waals surface area contributed by atoms with Crippen LogP contribution in [0.25, 0.3) is 11.4 Å². The number of H-pyrrole nitrogens is 1. The molecule has 0 fully saturated rings. The van der Waals surface area contributed by atoms with Crippen LogP contribution < -0.4 is 16.0 Å². The Morgan fingerprint density at radius 1 is 1.48 bits per heavy atom. The zero-order valence-corrected chi connectivity index (χ0v) is 11.6. The van der Waals surface area contributed by atoms with Crippen molar-refractivity contribution >= 4 is 11.8 Å². The van der Waals surface area contributed by atoms with Gasteiger partial charge in [-0.05, 0) is 24.6 Å². The van der Waals surface area contributed by atoms with E-state index in [1.807, 2.05) is 13.0 Å². The smallest absolute Gasteiger partial charge is 0.308 e. The number of hydrogen-bond acceptors (Lipinski definition) is 5. The summed E-state index contributed by atoms with van der Waals surface area (Å²) in [6.45, 7) is 1.91. The van der Waals surface area contributed by atoms with E-state index in [0.29, 0.717) is 11.3 Å². The normalized spacial score (nSPS) is 10.4. The summed E-state index contributed by atoms with van der Waals surface area (Å²) in [5.74, 6) is -0.458. The molecule has 0 aliphatic heterocycles. The van der Waals surface area contributed by atoms with E-state index in [-0.39, 0.29) is 17.2 Å². The van der Waals surface area contributed by atoms with Crippen LogP contribution in [0, 0.1) is 6.92 Å². The average Bonchev–Trinajstić information content (AvgIpc) is 2.42. The van der Waals surface area contributed by atoms with Gasteiger partial charge in [0, 0.05) is 0 Å². The predicted molar refractivity (Wildman–Crippen MR) is 77.3 cm³/mol. The van der Waals surface area contributed by atoms with Gasteiger partial charge in [-0.1, -0.05) is 6.07 Å². The molecular weight excluding hydrogens is 274 g/mol. The Bertz CT molecular complexity index is 752. The van der Waals surface area contributed by atoms with Crippen molar-refractivity contribution in [2.45, 2.75) is 13.3 Å². The Labute approximate surface area is 120 Å². The lowest BCUT2D eigenvalue weighted by atomic mass is 10.1. The lowest BCUT2D eigenvalue weighted by molar-refractivity contribution is -0.136. The van der Waals surface area contributed by atoms with Crippen molar-refractivity contribution < 1.29 is 14.6 Å². The number of aryl methyl sites for hydroxylation is 1. The predicted octanol–water partition coefficient (Wildman–Crippen LogP) is 0.963. The van der Waals surface area contributed by atoms with Crippen molar-refractivity contribution in [2.24, 2.45) is 0 Å². The molecule has 0 spiro atoms. The van der Waals surface area contributed by atoms with Crippen LogP contribution in [0.2, 0.25) is 0 Å². The van der Waals surface area contributed by atoms with Gasteiger partial charge in [-0.25, -0.2) is 4.98 Å². The highest BCUT2D eigenvalue weighted by molar-refractivity contribution is 5.73. The van der Waals surface area contributed by atoms with Crippen LogP contribution in [0.1, 0.15) is 11.1 Å². The molecule has 1 aromatic carbocycles. The lowest BCUT2D eigenvalue weighted by Gasteiger charge is -2.10. The van der Waals surface area contributed by atoms with E-state index in [4.69, 9.17) is 15.6 Å². The number of nitrogens with zero attached hydrogens (tertiary/aromatic N) is 1. The summed E-state index contributed by atoms with van der Waals surface area (Å²) in [7, 11) is 1.51. The van der Waals surface area contributed by atoms with Gasteiger partial charge in [0.1, 0.15) is 17.4 Å². The number of rotatable bonds is 4. The Morgan fingerprint density at radius 3 is 2.76 bits per heavy atom. The Balaban J connectivity index is 2.57. The molecular formula is C14H15N3O4. The first-order chi connectivity index (χ1) is 9.92. The maximum atomic E-state index is 12.0. The maximum absolute atomic E-state index is 12.0. The molecule has 0 aliphatic rings. The Morgan fingerprint density at radius 2 is 2.19 bits per heavy atom. The number of hydrogen-bond donors (Lipinski definition) is 3. The first-order valence-corrected chi connectivity index (χ1v) is 6.18. The molecule has 1 aromatic heterocycles. The van der Waals surface area contributed by atoms with Crippen LogP contribution in [0.15, 0.2) is 23.0 Å². The van der Waals surface area contributed by atoms with Gasteiger partial charge in [-0.3, -0.25) is 9.59 Å². The molecule has 7 heteroatoms. The second-order valence-corrected chi connectivity index (χ2v) is 4.55. The number of anilines is 1. The van der Waals surface area contributed by atoms with Gasteiger partial charge in [-0.2, -0.15) is 0 Å². The number of benzene rings is 1. The van der Waals surface area contributed by atoms with Crippen molar-refractivity contribution in [3.05, 3.63) is 39.7 Å². The third-order valence-electron chi connectivity index (χ3n) is 2.99.